The molecule has 0 aromatic carbocycles. The zero-order valence-corrected chi connectivity index (χ0v) is 39.4. The van der Waals surface area contributed by atoms with E-state index in [-0.39, 0.29) is 38.6 Å². The van der Waals surface area contributed by atoms with Crippen LogP contribution in [0.1, 0.15) is 245 Å². The molecule has 0 aromatic heterocycles. The molecule has 0 aliphatic rings. The number of esters is 2. The Bertz CT molecular complexity index is 1020. The summed E-state index contributed by atoms with van der Waals surface area (Å²) in [5.74, 6) is -0.831. The van der Waals surface area contributed by atoms with E-state index in [1.165, 1.54) is 154 Å². The minimum Gasteiger partial charge on any atom is -0.462 e. The number of unbranched alkanes of at least 4 members (excludes halogenated alkanes) is 30. The third-order valence-electron chi connectivity index (χ3n) is 10.8. The Balaban J connectivity index is 3.92. The number of phosphoric acid groups is 1. The number of carbonyl (C=O) groups is 2. The van der Waals surface area contributed by atoms with Crippen molar-refractivity contribution >= 4 is 19.8 Å². The molecule has 0 amide bonds. The number of hydrogen-bond acceptors (Lipinski definition) is 8. The van der Waals surface area contributed by atoms with Crippen molar-refractivity contribution in [1.82, 2.24) is 0 Å². The van der Waals surface area contributed by atoms with E-state index in [0.29, 0.717) is 6.42 Å². The molecular weight excluding hydrogens is 762 g/mol. The standard InChI is InChI=1S/C49H94NO8P/c1-3-5-7-9-11-13-15-16-17-18-19-20-21-22-23-24-25-26-27-28-29-30-32-34-36-38-40-42-49(52)58-47(46-57-59(53,54)56-44-43-50)45-55-48(51)41-39-37-35-33-31-14-12-10-8-6-4-2/h10,12,18-19,47H,3-9,11,13-17,20-46,50H2,1-2H3,(H,53,54)/b12-10-,19-18-. The van der Waals surface area contributed by atoms with Gasteiger partial charge in [-0.1, -0.05) is 199 Å². The van der Waals surface area contributed by atoms with Crippen LogP contribution in [0.5, 0.6) is 0 Å². The lowest BCUT2D eigenvalue weighted by Gasteiger charge is -2.19. The summed E-state index contributed by atoms with van der Waals surface area (Å²) in [6.45, 7) is 3.71. The number of ether oxygens (including phenoxy) is 2. The smallest absolute Gasteiger partial charge is 0.462 e. The molecule has 348 valence electrons. The Morgan fingerprint density at radius 3 is 1.25 bits per heavy atom. The van der Waals surface area contributed by atoms with E-state index in [1.807, 2.05) is 0 Å². The number of phosphoric ester groups is 1. The maximum absolute atomic E-state index is 12.6. The summed E-state index contributed by atoms with van der Waals surface area (Å²) in [5, 5.41) is 0. The van der Waals surface area contributed by atoms with Crippen LogP contribution in [0.4, 0.5) is 0 Å². The lowest BCUT2D eigenvalue weighted by atomic mass is 10.0. The van der Waals surface area contributed by atoms with Crippen LogP contribution < -0.4 is 5.73 Å². The molecular formula is C49H94NO8P. The summed E-state index contributed by atoms with van der Waals surface area (Å²) >= 11 is 0. The van der Waals surface area contributed by atoms with E-state index >= 15 is 0 Å². The third kappa shape index (κ3) is 45.8. The largest absolute Gasteiger partial charge is 0.472 e. The van der Waals surface area contributed by atoms with Crippen LogP contribution in [0.3, 0.4) is 0 Å². The fraction of sp³-hybridized carbons (Fsp3) is 0.878. The van der Waals surface area contributed by atoms with E-state index in [4.69, 9.17) is 24.3 Å². The first-order chi connectivity index (χ1) is 28.8. The lowest BCUT2D eigenvalue weighted by Crippen LogP contribution is -2.29. The van der Waals surface area contributed by atoms with Gasteiger partial charge in [0.1, 0.15) is 6.61 Å². The summed E-state index contributed by atoms with van der Waals surface area (Å²) in [4.78, 5) is 34.9. The maximum Gasteiger partial charge on any atom is 0.472 e. The summed E-state index contributed by atoms with van der Waals surface area (Å²) in [6, 6.07) is 0. The van der Waals surface area contributed by atoms with Gasteiger partial charge in [-0.3, -0.25) is 18.6 Å². The topological polar surface area (TPSA) is 134 Å². The second-order valence-corrected chi connectivity index (χ2v) is 18.1. The molecule has 2 unspecified atom stereocenters. The molecule has 0 radical (unpaired) electrons. The van der Waals surface area contributed by atoms with E-state index in [0.717, 1.165) is 57.8 Å². The molecule has 0 fully saturated rings. The van der Waals surface area contributed by atoms with E-state index in [9.17, 15) is 19.0 Å². The van der Waals surface area contributed by atoms with Gasteiger partial charge in [0.05, 0.1) is 13.2 Å². The molecule has 0 saturated carbocycles. The highest BCUT2D eigenvalue weighted by atomic mass is 31.2. The van der Waals surface area contributed by atoms with E-state index in [1.54, 1.807) is 0 Å². The SMILES string of the molecule is CCCC/C=C\CCCCCCCC(=O)OCC(COP(=O)(O)OCCN)OC(=O)CCCCCCCCCCCCCCCCC/C=C\CCCCCCCCCC. The minimum absolute atomic E-state index is 0.0539. The molecule has 3 N–H and O–H groups in total. The molecule has 0 rings (SSSR count). The fourth-order valence-electron chi connectivity index (χ4n) is 7.08. The zero-order chi connectivity index (χ0) is 43.2. The molecule has 10 heteroatoms. The van der Waals surface area contributed by atoms with Gasteiger partial charge in [-0.2, -0.15) is 0 Å². The third-order valence-corrected chi connectivity index (χ3v) is 11.8. The lowest BCUT2D eigenvalue weighted by molar-refractivity contribution is -0.161. The van der Waals surface area contributed by atoms with Gasteiger partial charge in [0.15, 0.2) is 6.10 Å². The summed E-state index contributed by atoms with van der Waals surface area (Å²) < 4.78 is 32.8. The van der Waals surface area contributed by atoms with Crippen molar-refractivity contribution in [3.63, 3.8) is 0 Å². The molecule has 0 aliphatic carbocycles. The first-order valence-corrected chi connectivity index (χ1v) is 26.3. The van der Waals surface area contributed by atoms with Crippen LogP contribution in [-0.4, -0.2) is 49.3 Å². The van der Waals surface area contributed by atoms with Crippen LogP contribution in [-0.2, 0) is 32.7 Å². The van der Waals surface area contributed by atoms with Crippen LogP contribution in [0, 0.1) is 0 Å². The molecule has 0 bridgehead atoms. The van der Waals surface area contributed by atoms with Gasteiger partial charge in [-0.25, -0.2) is 4.57 Å². The van der Waals surface area contributed by atoms with E-state index < -0.39 is 26.5 Å². The highest BCUT2D eigenvalue weighted by Crippen LogP contribution is 2.43. The monoisotopic (exact) mass is 856 g/mol. The highest BCUT2D eigenvalue weighted by Gasteiger charge is 2.26. The molecule has 0 spiro atoms. The summed E-state index contributed by atoms with van der Waals surface area (Å²) in [7, 11) is -4.38. The molecule has 0 saturated heterocycles. The Morgan fingerprint density at radius 1 is 0.492 bits per heavy atom. The van der Waals surface area contributed by atoms with Gasteiger partial charge in [0, 0.05) is 19.4 Å². The Morgan fingerprint density at radius 2 is 0.847 bits per heavy atom. The van der Waals surface area contributed by atoms with Crippen LogP contribution in [0.25, 0.3) is 0 Å². The Labute approximate surface area is 363 Å². The minimum atomic E-state index is -4.38. The second kappa shape index (κ2) is 46.0. The predicted octanol–water partition coefficient (Wildman–Crippen LogP) is 14.7. The van der Waals surface area contributed by atoms with Crippen molar-refractivity contribution < 1.29 is 37.6 Å². The normalized spacial score (nSPS) is 13.4. The van der Waals surface area contributed by atoms with Crippen molar-refractivity contribution in [2.75, 3.05) is 26.4 Å². The van der Waals surface area contributed by atoms with Gasteiger partial charge in [-0.15, -0.1) is 0 Å². The molecule has 0 heterocycles. The number of hydrogen-bond donors (Lipinski definition) is 2. The van der Waals surface area contributed by atoms with Crippen molar-refractivity contribution in [2.24, 2.45) is 5.73 Å². The van der Waals surface area contributed by atoms with Crippen LogP contribution in [0.15, 0.2) is 24.3 Å². The molecule has 0 aromatic rings. The average Bonchev–Trinajstić information content (AvgIpc) is 3.22. The second-order valence-electron chi connectivity index (χ2n) is 16.7. The highest BCUT2D eigenvalue weighted by molar-refractivity contribution is 7.47. The molecule has 59 heavy (non-hydrogen) atoms. The first-order valence-electron chi connectivity index (χ1n) is 24.8. The predicted molar refractivity (Wildman–Crippen MR) is 247 cm³/mol. The van der Waals surface area contributed by atoms with Gasteiger partial charge < -0.3 is 20.1 Å². The summed E-state index contributed by atoms with van der Waals surface area (Å²) in [6.07, 6.45) is 50.9. The van der Waals surface area contributed by atoms with Crippen LogP contribution >= 0.6 is 7.82 Å². The van der Waals surface area contributed by atoms with E-state index in [2.05, 4.69) is 38.2 Å². The number of carbonyl (C=O) groups excluding carboxylic acids is 2. The Kier molecular flexibility index (Phi) is 44.8. The van der Waals surface area contributed by atoms with Gasteiger partial charge in [0.25, 0.3) is 0 Å². The van der Waals surface area contributed by atoms with Crippen molar-refractivity contribution in [3.8, 4) is 0 Å². The molecule has 9 nitrogen and oxygen atoms in total. The van der Waals surface area contributed by atoms with Gasteiger partial charge in [0.2, 0.25) is 0 Å². The summed E-state index contributed by atoms with van der Waals surface area (Å²) in [5.41, 5.74) is 5.35. The number of allylic oxidation sites excluding steroid dienone is 4. The number of nitrogens with two attached hydrogens (primary N) is 1. The average molecular weight is 856 g/mol. The van der Waals surface area contributed by atoms with Crippen LogP contribution in [0.2, 0.25) is 0 Å². The fourth-order valence-corrected chi connectivity index (χ4v) is 7.85. The Hall–Kier alpha value is -1.51. The quantitative estimate of drug-likeness (QED) is 0.0265. The van der Waals surface area contributed by atoms with Gasteiger partial charge in [-0.05, 0) is 57.8 Å². The molecule has 0 aliphatic heterocycles. The maximum atomic E-state index is 12.6. The van der Waals surface area contributed by atoms with Crippen molar-refractivity contribution in [1.29, 1.82) is 0 Å². The molecule has 2 atom stereocenters. The van der Waals surface area contributed by atoms with Crippen molar-refractivity contribution in [3.05, 3.63) is 24.3 Å². The zero-order valence-electron chi connectivity index (χ0n) is 38.5. The van der Waals surface area contributed by atoms with Crippen molar-refractivity contribution in [2.45, 2.75) is 251 Å². The van der Waals surface area contributed by atoms with Gasteiger partial charge >= 0.3 is 19.8 Å². The first kappa shape index (κ1) is 57.5. The number of rotatable bonds is 47.